The molecule has 1 aromatic carbocycles. The summed E-state index contributed by atoms with van der Waals surface area (Å²) in [7, 11) is 4.10. The zero-order chi connectivity index (χ0) is 16.7. The Morgan fingerprint density at radius 1 is 1.30 bits per heavy atom. The SMILES string of the molecule is CN(C)C1(CNC(=O)C/C=C/c2ccc(F)cc2)CCOCC1. The Morgan fingerprint density at radius 3 is 2.57 bits per heavy atom. The molecule has 4 nitrogen and oxygen atoms in total. The molecule has 5 heteroatoms. The molecule has 0 aromatic heterocycles. The van der Waals surface area contributed by atoms with Crippen LogP contribution in [0.15, 0.2) is 30.3 Å². The van der Waals surface area contributed by atoms with Crippen LogP contribution in [0.5, 0.6) is 0 Å². The summed E-state index contributed by atoms with van der Waals surface area (Å²) in [5.41, 5.74) is 0.864. The van der Waals surface area contributed by atoms with Gasteiger partial charge in [0, 0.05) is 31.7 Å². The quantitative estimate of drug-likeness (QED) is 0.875. The summed E-state index contributed by atoms with van der Waals surface area (Å²) in [5, 5.41) is 3.02. The van der Waals surface area contributed by atoms with Crippen LogP contribution < -0.4 is 5.32 Å². The van der Waals surface area contributed by atoms with Gasteiger partial charge in [-0.25, -0.2) is 4.39 Å². The van der Waals surface area contributed by atoms with E-state index in [0.717, 1.165) is 31.6 Å². The second-order valence-corrected chi connectivity index (χ2v) is 6.17. The number of hydrogen-bond donors (Lipinski definition) is 1. The van der Waals surface area contributed by atoms with Crippen molar-refractivity contribution in [1.29, 1.82) is 0 Å². The second kappa shape index (κ2) is 8.22. The van der Waals surface area contributed by atoms with Gasteiger partial charge in [0.1, 0.15) is 5.82 Å². The average molecular weight is 320 g/mol. The molecule has 1 heterocycles. The molecule has 2 rings (SSSR count). The Bertz CT molecular complexity index is 534. The van der Waals surface area contributed by atoms with Crippen LogP contribution in [0.3, 0.4) is 0 Å². The molecule has 1 aliphatic heterocycles. The molecular weight excluding hydrogens is 295 g/mol. The van der Waals surface area contributed by atoms with E-state index in [1.165, 1.54) is 12.1 Å². The first-order chi connectivity index (χ1) is 11.0. The first-order valence-corrected chi connectivity index (χ1v) is 7.96. The van der Waals surface area contributed by atoms with E-state index in [2.05, 4.69) is 10.2 Å². The highest BCUT2D eigenvalue weighted by atomic mass is 19.1. The van der Waals surface area contributed by atoms with Gasteiger partial charge < -0.3 is 15.0 Å². The summed E-state index contributed by atoms with van der Waals surface area (Å²) >= 11 is 0. The fourth-order valence-electron chi connectivity index (χ4n) is 2.74. The number of halogens is 1. The summed E-state index contributed by atoms with van der Waals surface area (Å²) in [6.45, 7) is 2.10. The van der Waals surface area contributed by atoms with E-state index in [0.29, 0.717) is 13.0 Å². The fourth-order valence-corrected chi connectivity index (χ4v) is 2.74. The highest BCUT2D eigenvalue weighted by Crippen LogP contribution is 2.25. The molecule has 126 valence electrons. The minimum atomic E-state index is -0.259. The predicted molar refractivity (Wildman–Crippen MR) is 89.5 cm³/mol. The zero-order valence-corrected chi connectivity index (χ0v) is 13.8. The van der Waals surface area contributed by atoms with Crippen LogP contribution in [0.25, 0.3) is 6.08 Å². The van der Waals surface area contributed by atoms with Crippen LogP contribution in [-0.4, -0.2) is 50.2 Å². The number of hydrogen-bond acceptors (Lipinski definition) is 3. The van der Waals surface area contributed by atoms with Gasteiger partial charge in [-0.1, -0.05) is 24.3 Å². The van der Waals surface area contributed by atoms with Crippen molar-refractivity contribution in [3.05, 3.63) is 41.7 Å². The monoisotopic (exact) mass is 320 g/mol. The molecule has 1 fully saturated rings. The Labute approximate surface area is 137 Å². The van der Waals surface area contributed by atoms with Crippen molar-refractivity contribution in [2.45, 2.75) is 24.8 Å². The zero-order valence-electron chi connectivity index (χ0n) is 13.8. The molecule has 0 aliphatic carbocycles. The number of ether oxygens (including phenoxy) is 1. The lowest BCUT2D eigenvalue weighted by Crippen LogP contribution is -2.55. The molecule has 1 N–H and O–H groups in total. The third-order valence-corrected chi connectivity index (χ3v) is 4.47. The van der Waals surface area contributed by atoms with Crippen LogP contribution in [0.4, 0.5) is 4.39 Å². The van der Waals surface area contributed by atoms with Gasteiger partial charge in [-0.15, -0.1) is 0 Å². The number of carbonyl (C=O) groups excluding carboxylic acids is 1. The number of benzene rings is 1. The highest BCUT2D eigenvalue weighted by Gasteiger charge is 2.34. The Balaban J connectivity index is 1.81. The molecular formula is C18H25FN2O2. The summed E-state index contributed by atoms with van der Waals surface area (Å²) < 4.78 is 18.2. The first-order valence-electron chi connectivity index (χ1n) is 7.96. The highest BCUT2D eigenvalue weighted by molar-refractivity contribution is 5.78. The molecule has 0 atom stereocenters. The van der Waals surface area contributed by atoms with Gasteiger partial charge in [-0.3, -0.25) is 4.79 Å². The third-order valence-electron chi connectivity index (χ3n) is 4.47. The molecule has 1 saturated heterocycles. The van der Waals surface area contributed by atoms with E-state index in [4.69, 9.17) is 4.74 Å². The van der Waals surface area contributed by atoms with Gasteiger partial charge in [-0.2, -0.15) is 0 Å². The van der Waals surface area contributed by atoms with E-state index in [-0.39, 0.29) is 17.3 Å². The molecule has 0 spiro atoms. The largest absolute Gasteiger partial charge is 0.381 e. The van der Waals surface area contributed by atoms with Gasteiger partial charge in [0.2, 0.25) is 5.91 Å². The van der Waals surface area contributed by atoms with Crippen molar-refractivity contribution in [1.82, 2.24) is 10.2 Å². The van der Waals surface area contributed by atoms with Crippen LogP contribution in [0.1, 0.15) is 24.8 Å². The molecule has 0 saturated carbocycles. The maximum Gasteiger partial charge on any atom is 0.223 e. The lowest BCUT2D eigenvalue weighted by atomic mass is 9.88. The van der Waals surface area contributed by atoms with E-state index in [9.17, 15) is 9.18 Å². The van der Waals surface area contributed by atoms with Crippen LogP contribution in [0.2, 0.25) is 0 Å². The summed E-state index contributed by atoms with van der Waals surface area (Å²) in [6, 6.07) is 6.19. The maximum absolute atomic E-state index is 12.8. The molecule has 0 unspecified atom stereocenters. The number of amides is 1. The molecule has 1 aliphatic rings. The van der Waals surface area contributed by atoms with Gasteiger partial charge in [0.25, 0.3) is 0 Å². The summed E-state index contributed by atoms with van der Waals surface area (Å²) in [4.78, 5) is 14.2. The standard InChI is InChI=1S/C18H25FN2O2/c1-21(2)18(10-12-23-13-11-18)14-20-17(22)5-3-4-15-6-8-16(19)9-7-15/h3-4,6-9H,5,10-14H2,1-2H3,(H,20,22)/b4-3+. The van der Waals surface area contributed by atoms with Gasteiger partial charge in [0.15, 0.2) is 0 Å². The van der Waals surface area contributed by atoms with Crippen molar-refractivity contribution in [2.75, 3.05) is 33.9 Å². The van der Waals surface area contributed by atoms with Crippen molar-refractivity contribution in [3.63, 3.8) is 0 Å². The topological polar surface area (TPSA) is 41.6 Å². The van der Waals surface area contributed by atoms with Gasteiger partial charge >= 0.3 is 0 Å². The van der Waals surface area contributed by atoms with Gasteiger partial charge in [0.05, 0.1) is 0 Å². The van der Waals surface area contributed by atoms with E-state index < -0.39 is 0 Å². The molecule has 1 amide bonds. The van der Waals surface area contributed by atoms with E-state index in [1.54, 1.807) is 18.2 Å². The Morgan fingerprint density at radius 2 is 1.96 bits per heavy atom. The van der Waals surface area contributed by atoms with Crippen molar-refractivity contribution >= 4 is 12.0 Å². The number of carbonyl (C=O) groups is 1. The van der Waals surface area contributed by atoms with E-state index >= 15 is 0 Å². The number of nitrogens with zero attached hydrogens (tertiary/aromatic N) is 1. The lowest BCUT2D eigenvalue weighted by Gasteiger charge is -2.42. The second-order valence-electron chi connectivity index (χ2n) is 6.17. The summed E-state index contributed by atoms with van der Waals surface area (Å²) in [6.07, 6.45) is 5.79. The van der Waals surface area contributed by atoms with Gasteiger partial charge in [-0.05, 0) is 44.6 Å². The lowest BCUT2D eigenvalue weighted by molar-refractivity contribution is -0.121. The number of likely N-dealkylation sites (N-methyl/N-ethyl adjacent to an activating group) is 1. The average Bonchev–Trinajstić information content (AvgIpc) is 2.55. The van der Waals surface area contributed by atoms with E-state index in [1.807, 2.05) is 20.2 Å². The first kappa shape index (κ1) is 17.6. The van der Waals surface area contributed by atoms with Crippen LogP contribution in [0, 0.1) is 5.82 Å². The molecule has 0 radical (unpaired) electrons. The minimum absolute atomic E-state index is 0.00363. The molecule has 0 bridgehead atoms. The minimum Gasteiger partial charge on any atom is -0.381 e. The third kappa shape index (κ3) is 5.15. The smallest absolute Gasteiger partial charge is 0.223 e. The fraction of sp³-hybridized carbons (Fsp3) is 0.500. The molecule has 1 aromatic rings. The maximum atomic E-state index is 12.8. The van der Waals surface area contributed by atoms with Crippen LogP contribution in [-0.2, 0) is 9.53 Å². The predicted octanol–water partition coefficient (Wildman–Crippen LogP) is 2.46. The Kier molecular flexibility index (Phi) is 6.30. The summed E-state index contributed by atoms with van der Waals surface area (Å²) in [5.74, 6) is -0.263. The number of rotatable bonds is 6. The van der Waals surface area contributed by atoms with Crippen molar-refractivity contribution in [2.24, 2.45) is 0 Å². The number of nitrogens with one attached hydrogen (secondary N) is 1. The van der Waals surface area contributed by atoms with Crippen molar-refractivity contribution in [3.8, 4) is 0 Å². The molecule has 23 heavy (non-hydrogen) atoms. The van der Waals surface area contributed by atoms with Crippen LogP contribution >= 0.6 is 0 Å². The Hall–Kier alpha value is -1.72. The normalized spacial score (nSPS) is 17.6. The van der Waals surface area contributed by atoms with Crippen molar-refractivity contribution < 1.29 is 13.9 Å².